The summed E-state index contributed by atoms with van der Waals surface area (Å²) in [4.78, 5) is 0. The number of benzene rings is 1. The van der Waals surface area contributed by atoms with Crippen LogP contribution in [-0.4, -0.2) is 19.8 Å². The highest BCUT2D eigenvalue weighted by atomic mass is 35.5. The van der Waals surface area contributed by atoms with Gasteiger partial charge in [-0.3, -0.25) is 0 Å². The van der Waals surface area contributed by atoms with E-state index < -0.39 is 0 Å². The summed E-state index contributed by atoms with van der Waals surface area (Å²) in [5, 5.41) is 0.610. The summed E-state index contributed by atoms with van der Waals surface area (Å²) in [6, 6.07) is 4.07. The first-order valence-electron chi connectivity index (χ1n) is 7.38. The Balaban J connectivity index is 2.05. The molecular formula is C16H24ClNO2. The highest BCUT2D eigenvalue weighted by Crippen LogP contribution is 2.38. The number of rotatable bonds is 8. The molecule has 2 N–H and O–H groups in total. The van der Waals surface area contributed by atoms with Crippen molar-refractivity contribution in [2.45, 2.75) is 45.1 Å². The molecule has 3 nitrogen and oxygen atoms in total. The maximum absolute atomic E-state index is 6.33. The molecule has 0 radical (unpaired) electrons. The monoisotopic (exact) mass is 297 g/mol. The van der Waals surface area contributed by atoms with E-state index in [1.807, 2.05) is 12.1 Å². The van der Waals surface area contributed by atoms with Crippen LogP contribution in [0.2, 0.25) is 5.02 Å². The normalized spacial score (nSPS) is 16.0. The molecule has 0 bridgehead atoms. The molecule has 0 amide bonds. The molecule has 1 unspecified atom stereocenters. The van der Waals surface area contributed by atoms with Gasteiger partial charge in [0.25, 0.3) is 0 Å². The van der Waals surface area contributed by atoms with Crippen molar-refractivity contribution in [3.05, 3.63) is 22.7 Å². The van der Waals surface area contributed by atoms with Crippen molar-refractivity contribution < 1.29 is 9.47 Å². The fraction of sp³-hybridized carbons (Fsp3) is 0.625. The van der Waals surface area contributed by atoms with Crippen LogP contribution < -0.4 is 15.2 Å². The topological polar surface area (TPSA) is 44.5 Å². The van der Waals surface area contributed by atoms with Crippen LogP contribution in [0.25, 0.3) is 0 Å². The Morgan fingerprint density at radius 3 is 2.75 bits per heavy atom. The number of methoxy groups -OCH3 is 1. The summed E-state index contributed by atoms with van der Waals surface area (Å²) in [6.45, 7) is 2.79. The number of hydrogen-bond acceptors (Lipinski definition) is 3. The van der Waals surface area contributed by atoms with Crippen LogP contribution in [-0.2, 0) is 6.42 Å². The molecule has 1 aromatic rings. The zero-order valence-corrected chi connectivity index (χ0v) is 13.1. The molecule has 0 heterocycles. The Labute approximate surface area is 126 Å². The van der Waals surface area contributed by atoms with E-state index >= 15 is 0 Å². The van der Waals surface area contributed by atoms with Gasteiger partial charge in [-0.05, 0) is 42.9 Å². The van der Waals surface area contributed by atoms with E-state index in [2.05, 4.69) is 6.92 Å². The van der Waals surface area contributed by atoms with Gasteiger partial charge in [-0.15, -0.1) is 0 Å². The summed E-state index contributed by atoms with van der Waals surface area (Å²) in [6.07, 6.45) is 5.51. The predicted octanol–water partition coefficient (Wildman–Crippen LogP) is 3.81. The molecule has 1 fully saturated rings. The molecule has 1 aliphatic rings. The minimum Gasteiger partial charge on any atom is -0.493 e. The fourth-order valence-corrected chi connectivity index (χ4v) is 2.50. The van der Waals surface area contributed by atoms with Gasteiger partial charge in [0.05, 0.1) is 18.7 Å². The second-order valence-electron chi connectivity index (χ2n) is 5.56. The van der Waals surface area contributed by atoms with Crippen molar-refractivity contribution in [3.8, 4) is 11.5 Å². The predicted molar refractivity (Wildman–Crippen MR) is 82.8 cm³/mol. The molecule has 0 spiro atoms. The van der Waals surface area contributed by atoms with E-state index in [4.69, 9.17) is 26.8 Å². The summed E-state index contributed by atoms with van der Waals surface area (Å²) in [7, 11) is 1.64. The Morgan fingerprint density at radius 1 is 1.40 bits per heavy atom. The van der Waals surface area contributed by atoms with E-state index in [-0.39, 0.29) is 6.04 Å². The van der Waals surface area contributed by atoms with Crippen molar-refractivity contribution >= 4 is 11.6 Å². The average molecular weight is 298 g/mol. The minimum absolute atomic E-state index is 0.150. The molecule has 1 saturated carbocycles. The maximum Gasteiger partial charge on any atom is 0.179 e. The third-order valence-corrected chi connectivity index (χ3v) is 4.06. The van der Waals surface area contributed by atoms with Crippen LogP contribution in [0.5, 0.6) is 11.5 Å². The van der Waals surface area contributed by atoms with E-state index in [1.54, 1.807) is 7.11 Å². The molecule has 0 saturated heterocycles. The zero-order chi connectivity index (χ0) is 14.5. The van der Waals surface area contributed by atoms with Gasteiger partial charge < -0.3 is 15.2 Å². The third-order valence-electron chi connectivity index (χ3n) is 3.78. The quantitative estimate of drug-likeness (QED) is 0.793. The molecule has 2 rings (SSSR count). The van der Waals surface area contributed by atoms with E-state index in [0.29, 0.717) is 23.1 Å². The maximum atomic E-state index is 6.33. The second kappa shape index (κ2) is 7.19. The minimum atomic E-state index is 0.150. The van der Waals surface area contributed by atoms with E-state index in [9.17, 15) is 0 Å². The van der Waals surface area contributed by atoms with E-state index in [1.165, 1.54) is 12.8 Å². The van der Waals surface area contributed by atoms with Crippen LogP contribution in [0, 0.1) is 5.92 Å². The van der Waals surface area contributed by atoms with Gasteiger partial charge in [-0.25, -0.2) is 0 Å². The molecule has 1 aromatic carbocycles. The SMILES string of the molecule is CCC(N)Cc1cc(Cl)c(OCCC2CC2)c(OC)c1. The lowest BCUT2D eigenvalue weighted by molar-refractivity contribution is 0.283. The Morgan fingerprint density at radius 2 is 2.15 bits per heavy atom. The second-order valence-corrected chi connectivity index (χ2v) is 5.97. The van der Waals surface area contributed by atoms with Gasteiger partial charge in [0.15, 0.2) is 11.5 Å². The number of hydrogen-bond donors (Lipinski definition) is 1. The van der Waals surface area contributed by atoms with Crippen molar-refractivity contribution in [1.29, 1.82) is 0 Å². The summed E-state index contributed by atoms with van der Waals surface area (Å²) in [5.41, 5.74) is 7.08. The zero-order valence-electron chi connectivity index (χ0n) is 12.3. The number of halogens is 1. The van der Waals surface area contributed by atoms with Crippen molar-refractivity contribution in [2.75, 3.05) is 13.7 Å². The van der Waals surface area contributed by atoms with E-state index in [0.717, 1.165) is 30.7 Å². The van der Waals surface area contributed by atoms with Gasteiger partial charge in [-0.1, -0.05) is 31.4 Å². The van der Waals surface area contributed by atoms with Gasteiger partial charge in [0.1, 0.15) is 0 Å². The van der Waals surface area contributed by atoms with Crippen LogP contribution in [0.3, 0.4) is 0 Å². The first-order chi connectivity index (χ1) is 9.63. The van der Waals surface area contributed by atoms with Gasteiger partial charge in [0.2, 0.25) is 0 Å². The Hall–Kier alpha value is -0.930. The Kier molecular flexibility index (Phi) is 5.55. The van der Waals surface area contributed by atoms with Gasteiger partial charge >= 0.3 is 0 Å². The van der Waals surface area contributed by atoms with Crippen LogP contribution in [0.4, 0.5) is 0 Å². The number of ether oxygens (including phenoxy) is 2. The fourth-order valence-electron chi connectivity index (χ4n) is 2.21. The lowest BCUT2D eigenvalue weighted by Gasteiger charge is -2.15. The molecule has 20 heavy (non-hydrogen) atoms. The standard InChI is InChI=1S/C16H24ClNO2/c1-3-13(18)8-12-9-14(17)16(15(10-12)19-2)20-7-6-11-4-5-11/h9-11,13H,3-8,18H2,1-2H3. The average Bonchev–Trinajstić information content (AvgIpc) is 3.24. The summed E-state index contributed by atoms with van der Waals surface area (Å²) >= 11 is 6.33. The molecule has 1 atom stereocenters. The Bertz CT molecular complexity index is 446. The van der Waals surface area contributed by atoms with Crippen LogP contribution >= 0.6 is 11.6 Å². The lowest BCUT2D eigenvalue weighted by atomic mass is 10.0. The molecule has 0 aliphatic heterocycles. The molecular weight excluding hydrogens is 274 g/mol. The first-order valence-corrected chi connectivity index (χ1v) is 7.76. The van der Waals surface area contributed by atoms with Gasteiger partial charge in [0, 0.05) is 6.04 Å². The smallest absolute Gasteiger partial charge is 0.179 e. The number of nitrogens with two attached hydrogens (primary N) is 1. The van der Waals surface area contributed by atoms with Crippen molar-refractivity contribution in [3.63, 3.8) is 0 Å². The largest absolute Gasteiger partial charge is 0.493 e. The van der Waals surface area contributed by atoms with Crippen LogP contribution in [0.15, 0.2) is 12.1 Å². The van der Waals surface area contributed by atoms with Crippen LogP contribution in [0.1, 0.15) is 38.2 Å². The molecule has 0 aromatic heterocycles. The molecule has 4 heteroatoms. The van der Waals surface area contributed by atoms with Crippen molar-refractivity contribution in [1.82, 2.24) is 0 Å². The summed E-state index contributed by atoms with van der Waals surface area (Å²) < 4.78 is 11.2. The first kappa shape index (κ1) is 15.5. The highest BCUT2D eigenvalue weighted by Gasteiger charge is 2.21. The summed E-state index contributed by atoms with van der Waals surface area (Å²) in [5.74, 6) is 2.21. The molecule has 1 aliphatic carbocycles. The molecule has 112 valence electrons. The van der Waals surface area contributed by atoms with Gasteiger partial charge in [-0.2, -0.15) is 0 Å². The highest BCUT2D eigenvalue weighted by molar-refractivity contribution is 6.32. The van der Waals surface area contributed by atoms with Crippen molar-refractivity contribution in [2.24, 2.45) is 11.7 Å². The lowest BCUT2D eigenvalue weighted by Crippen LogP contribution is -2.21. The third kappa shape index (κ3) is 4.29.